The molecule has 2 heterocycles. The predicted octanol–water partition coefficient (Wildman–Crippen LogP) is 4.92. The number of carbonyl (C=O) groups is 1. The largest absolute Gasteiger partial charge is 0.323 e. The van der Waals surface area contributed by atoms with E-state index in [1.807, 2.05) is 52.4 Å². The van der Waals surface area contributed by atoms with Crippen LogP contribution in [0.4, 0.5) is 10.1 Å². The van der Waals surface area contributed by atoms with E-state index in [0.717, 1.165) is 16.3 Å². The highest BCUT2D eigenvalue weighted by molar-refractivity contribution is 7.99. The molecule has 1 amide bonds. The molecule has 5 nitrogen and oxygen atoms in total. The third kappa shape index (κ3) is 4.72. The number of nitrogens with zero attached hydrogens (tertiary/aromatic N) is 3. The molecule has 8 heteroatoms. The van der Waals surface area contributed by atoms with Gasteiger partial charge in [0.05, 0.1) is 22.9 Å². The number of anilines is 1. The Labute approximate surface area is 175 Å². The van der Waals surface area contributed by atoms with Gasteiger partial charge >= 0.3 is 0 Å². The van der Waals surface area contributed by atoms with Crippen molar-refractivity contribution in [3.63, 3.8) is 0 Å². The van der Waals surface area contributed by atoms with Crippen LogP contribution in [0.5, 0.6) is 0 Å². The van der Waals surface area contributed by atoms with Gasteiger partial charge in [-0.2, -0.15) is 0 Å². The van der Waals surface area contributed by atoms with Gasteiger partial charge in [-0.15, -0.1) is 21.5 Å². The quantitative estimate of drug-likeness (QED) is 0.428. The second-order valence-corrected chi connectivity index (χ2v) is 8.06. The molecule has 1 N–H and O–H groups in total. The molecule has 29 heavy (non-hydrogen) atoms. The number of carbonyl (C=O) groups excluding carboxylic acids is 1. The lowest BCUT2D eigenvalue weighted by molar-refractivity contribution is -0.113. The highest BCUT2D eigenvalue weighted by atomic mass is 32.2. The second kappa shape index (κ2) is 9.02. The molecule has 0 aliphatic rings. The molecule has 0 unspecified atom stereocenters. The van der Waals surface area contributed by atoms with Crippen LogP contribution in [-0.2, 0) is 11.3 Å². The van der Waals surface area contributed by atoms with E-state index in [-0.39, 0.29) is 17.3 Å². The monoisotopic (exact) mass is 424 g/mol. The van der Waals surface area contributed by atoms with E-state index in [0.29, 0.717) is 11.7 Å². The molecule has 0 spiro atoms. The van der Waals surface area contributed by atoms with Crippen LogP contribution in [0.1, 0.15) is 5.56 Å². The summed E-state index contributed by atoms with van der Waals surface area (Å²) in [5.74, 6) is 0.108. The van der Waals surface area contributed by atoms with Gasteiger partial charge in [0.25, 0.3) is 0 Å². The first-order valence-corrected chi connectivity index (χ1v) is 10.8. The summed E-state index contributed by atoms with van der Waals surface area (Å²) in [4.78, 5) is 13.3. The van der Waals surface area contributed by atoms with Gasteiger partial charge < -0.3 is 5.32 Å². The van der Waals surface area contributed by atoms with Crippen LogP contribution < -0.4 is 5.32 Å². The summed E-state index contributed by atoms with van der Waals surface area (Å²) < 4.78 is 15.7. The van der Waals surface area contributed by atoms with Crippen LogP contribution >= 0.6 is 23.1 Å². The van der Waals surface area contributed by atoms with Gasteiger partial charge in [-0.1, -0.05) is 60.3 Å². The molecule has 0 bridgehead atoms. The zero-order chi connectivity index (χ0) is 20.1. The van der Waals surface area contributed by atoms with Crippen molar-refractivity contribution in [3.8, 4) is 10.7 Å². The zero-order valence-electron chi connectivity index (χ0n) is 15.3. The van der Waals surface area contributed by atoms with Crippen molar-refractivity contribution >= 4 is 34.7 Å². The van der Waals surface area contributed by atoms with E-state index in [1.54, 1.807) is 23.5 Å². The molecule has 0 atom stereocenters. The number of hydrogen-bond acceptors (Lipinski definition) is 5. The smallest absolute Gasteiger partial charge is 0.234 e. The third-order valence-corrected chi connectivity index (χ3v) is 5.95. The topological polar surface area (TPSA) is 59.8 Å². The van der Waals surface area contributed by atoms with Gasteiger partial charge in [-0.05, 0) is 29.1 Å². The highest BCUT2D eigenvalue weighted by Crippen LogP contribution is 2.28. The lowest BCUT2D eigenvalue weighted by Crippen LogP contribution is -2.15. The lowest BCUT2D eigenvalue weighted by atomic mass is 10.2. The summed E-state index contributed by atoms with van der Waals surface area (Å²) in [7, 11) is 0. The number of nitrogens with one attached hydrogen (secondary N) is 1. The van der Waals surface area contributed by atoms with Crippen molar-refractivity contribution in [1.29, 1.82) is 0 Å². The highest BCUT2D eigenvalue weighted by Gasteiger charge is 2.17. The van der Waals surface area contributed by atoms with Gasteiger partial charge in [-0.3, -0.25) is 9.36 Å². The van der Waals surface area contributed by atoms with Gasteiger partial charge in [-0.25, -0.2) is 4.39 Å². The van der Waals surface area contributed by atoms with Crippen LogP contribution in [0.2, 0.25) is 0 Å². The molecule has 4 rings (SSSR count). The van der Waals surface area contributed by atoms with E-state index in [2.05, 4.69) is 15.5 Å². The molecule has 0 fully saturated rings. The molecular formula is C21H17FN4OS2. The predicted molar refractivity (Wildman–Crippen MR) is 115 cm³/mol. The van der Waals surface area contributed by atoms with E-state index < -0.39 is 5.82 Å². The van der Waals surface area contributed by atoms with Crippen LogP contribution in [0, 0.1) is 5.82 Å². The van der Waals surface area contributed by atoms with E-state index in [9.17, 15) is 9.18 Å². The number of thiophene rings is 1. The van der Waals surface area contributed by atoms with Crippen LogP contribution in [-0.4, -0.2) is 26.4 Å². The van der Waals surface area contributed by atoms with E-state index >= 15 is 0 Å². The summed E-state index contributed by atoms with van der Waals surface area (Å²) >= 11 is 2.87. The zero-order valence-corrected chi connectivity index (χ0v) is 16.9. The minimum absolute atomic E-state index is 0.103. The second-order valence-electron chi connectivity index (χ2n) is 6.17. The minimum Gasteiger partial charge on any atom is -0.323 e. The Balaban J connectivity index is 1.52. The molecule has 146 valence electrons. The number of halogens is 1. The third-order valence-electron chi connectivity index (χ3n) is 4.12. The first-order valence-electron chi connectivity index (χ1n) is 8.89. The Morgan fingerprint density at radius 1 is 1.03 bits per heavy atom. The van der Waals surface area contributed by atoms with E-state index in [4.69, 9.17) is 0 Å². The standard InChI is InChI=1S/C21H17FN4OS2/c22-16-9-4-5-10-17(16)23-19(27)14-29-21-25-24-20(18-11-6-12-28-18)26(21)13-15-7-2-1-3-8-15/h1-12H,13-14H2,(H,23,27). The maximum atomic E-state index is 13.7. The Morgan fingerprint density at radius 3 is 2.59 bits per heavy atom. The van der Waals surface area contributed by atoms with Crippen molar-refractivity contribution in [2.75, 3.05) is 11.1 Å². The molecule has 4 aromatic rings. The average molecular weight is 425 g/mol. The maximum Gasteiger partial charge on any atom is 0.234 e. The molecular weight excluding hydrogens is 407 g/mol. The molecule has 0 aliphatic heterocycles. The Bertz CT molecular complexity index is 1100. The van der Waals surface area contributed by atoms with Gasteiger partial charge in [0.15, 0.2) is 11.0 Å². The molecule has 0 aliphatic carbocycles. The fourth-order valence-electron chi connectivity index (χ4n) is 2.77. The lowest BCUT2D eigenvalue weighted by Gasteiger charge is -2.10. The minimum atomic E-state index is -0.460. The number of amides is 1. The molecule has 0 radical (unpaired) electrons. The van der Waals surface area contributed by atoms with Crippen molar-refractivity contribution < 1.29 is 9.18 Å². The number of rotatable bonds is 7. The van der Waals surface area contributed by atoms with Crippen molar-refractivity contribution in [3.05, 3.63) is 83.5 Å². The number of para-hydroxylation sites is 1. The fraction of sp³-hybridized carbons (Fsp3) is 0.0952. The van der Waals surface area contributed by atoms with Gasteiger partial charge in [0.1, 0.15) is 5.82 Å². The summed E-state index contributed by atoms with van der Waals surface area (Å²) in [5.41, 5.74) is 1.28. The number of thioether (sulfide) groups is 1. The summed E-state index contributed by atoms with van der Waals surface area (Å²) in [5, 5.41) is 13.9. The van der Waals surface area contributed by atoms with Gasteiger partial charge in [0, 0.05) is 0 Å². The van der Waals surface area contributed by atoms with Crippen molar-refractivity contribution in [2.24, 2.45) is 0 Å². The van der Waals surface area contributed by atoms with Crippen LogP contribution in [0.3, 0.4) is 0 Å². The first kappa shape index (κ1) is 19.4. The first-order chi connectivity index (χ1) is 14.2. The SMILES string of the molecule is O=C(CSc1nnc(-c2cccs2)n1Cc1ccccc1)Nc1ccccc1F. The Hall–Kier alpha value is -2.97. The maximum absolute atomic E-state index is 13.7. The average Bonchev–Trinajstić information content (AvgIpc) is 3.39. The van der Waals surface area contributed by atoms with Crippen LogP contribution in [0.25, 0.3) is 10.7 Å². The molecule has 0 saturated carbocycles. The number of benzene rings is 2. The van der Waals surface area contributed by atoms with Crippen molar-refractivity contribution in [1.82, 2.24) is 14.8 Å². The summed E-state index contributed by atoms with van der Waals surface area (Å²) in [6.07, 6.45) is 0. The van der Waals surface area contributed by atoms with Crippen molar-refractivity contribution in [2.45, 2.75) is 11.7 Å². The molecule has 2 aromatic carbocycles. The van der Waals surface area contributed by atoms with Gasteiger partial charge in [0.2, 0.25) is 5.91 Å². The summed E-state index contributed by atoms with van der Waals surface area (Å²) in [6.45, 7) is 0.596. The van der Waals surface area contributed by atoms with E-state index in [1.165, 1.54) is 23.9 Å². The Morgan fingerprint density at radius 2 is 1.83 bits per heavy atom. The van der Waals surface area contributed by atoms with Crippen LogP contribution in [0.15, 0.2) is 77.3 Å². The number of aromatic nitrogens is 3. The fourth-order valence-corrected chi connectivity index (χ4v) is 4.23. The summed E-state index contributed by atoms with van der Waals surface area (Å²) in [6, 6.07) is 20.1. The number of hydrogen-bond donors (Lipinski definition) is 1. The normalized spacial score (nSPS) is 10.8. The molecule has 0 saturated heterocycles. The molecule has 2 aromatic heterocycles. The Kier molecular flexibility index (Phi) is 6.02.